The zero-order chi connectivity index (χ0) is 17.3. The molecule has 0 unspecified atom stereocenters. The van der Waals surface area contributed by atoms with Crippen molar-refractivity contribution >= 4 is 17.5 Å². The highest BCUT2D eigenvalue weighted by Crippen LogP contribution is 2.52. The van der Waals surface area contributed by atoms with Gasteiger partial charge in [-0.1, -0.05) is 61.4 Å². The Morgan fingerprint density at radius 1 is 0.960 bits per heavy atom. The quantitative estimate of drug-likeness (QED) is 0.658. The molecule has 1 aliphatic heterocycles. The van der Waals surface area contributed by atoms with Crippen molar-refractivity contribution < 1.29 is 4.79 Å². The number of hydrogen-bond acceptors (Lipinski definition) is 1. The lowest BCUT2D eigenvalue weighted by molar-refractivity contribution is 0.0279. The summed E-state index contributed by atoms with van der Waals surface area (Å²) in [7, 11) is 0. The van der Waals surface area contributed by atoms with Gasteiger partial charge in [0.05, 0.1) is 10.9 Å². The zero-order valence-corrected chi connectivity index (χ0v) is 15.2. The molecular weight excluding hydrogens is 330 g/mol. The molecule has 1 amide bonds. The van der Waals surface area contributed by atoms with Gasteiger partial charge in [0, 0.05) is 18.0 Å². The second-order valence-corrected chi connectivity index (χ2v) is 8.11. The van der Waals surface area contributed by atoms with Gasteiger partial charge in [-0.3, -0.25) is 4.79 Å². The highest BCUT2D eigenvalue weighted by Gasteiger charge is 2.50. The minimum absolute atomic E-state index is 0.0699. The number of benzene rings is 2. The Morgan fingerprint density at radius 3 is 2.36 bits per heavy atom. The van der Waals surface area contributed by atoms with E-state index in [9.17, 15) is 4.79 Å². The molecule has 4 rings (SSSR count). The summed E-state index contributed by atoms with van der Waals surface area (Å²) < 4.78 is 0. The van der Waals surface area contributed by atoms with Crippen LogP contribution in [0.15, 0.2) is 60.7 Å². The highest BCUT2D eigenvalue weighted by molar-refractivity contribution is 6.24. The Balaban J connectivity index is 1.74. The molecule has 0 spiro atoms. The van der Waals surface area contributed by atoms with Gasteiger partial charge in [0.1, 0.15) is 0 Å². The van der Waals surface area contributed by atoms with Crippen molar-refractivity contribution in [1.29, 1.82) is 0 Å². The molecule has 130 valence electrons. The fraction of sp³-hybridized carbons (Fsp3) is 0.409. The smallest absolute Gasteiger partial charge is 0.254 e. The number of halogens is 1. The summed E-state index contributed by atoms with van der Waals surface area (Å²) in [6, 6.07) is 20.2. The maximum Gasteiger partial charge on any atom is 0.254 e. The molecule has 2 aliphatic rings. The van der Waals surface area contributed by atoms with Gasteiger partial charge in [-0.05, 0) is 37.0 Å². The molecule has 0 aromatic heterocycles. The van der Waals surface area contributed by atoms with Crippen molar-refractivity contribution in [3.63, 3.8) is 0 Å². The molecule has 2 fully saturated rings. The summed E-state index contributed by atoms with van der Waals surface area (Å²) in [6.07, 6.45) is 5.46. The van der Waals surface area contributed by atoms with Gasteiger partial charge in [-0.25, -0.2) is 0 Å². The van der Waals surface area contributed by atoms with Crippen LogP contribution in [0.4, 0.5) is 0 Å². The normalized spacial score (nSPS) is 29.1. The van der Waals surface area contributed by atoms with Crippen molar-refractivity contribution in [3.8, 4) is 0 Å². The molecule has 0 bridgehead atoms. The minimum atomic E-state index is -0.160. The van der Waals surface area contributed by atoms with E-state index in [1.807, 2.05) is 36.4 Å². The largest absolute Gasteiger partial charge is 0.331 e. The number of alkyl halides is 1. The van der Waals surface area contributed by atoms with Crippen LogP contribution < -0.4 is 0 Å². The summed E-state index contributed by atoms with van der Waals surface area (Å²) in [5.74, 6) is 0.450. The van der Waals surface area contributed by atoms with Gasteiger partial charge in [0.15, 0.2) is 0 Å². The summed E-state index contributed by atoms with van der Waals surface area (Å²) in [4.78, 5) is 15.2. The van der Waals surface area contributed by atoms with E-state index in [0.29, 0.717) is 5.92 Å². The number of carbonyl (C=O) groups is 1. The Morgan fingerprint density at radius 2 is 1.64 bits per heavy atom. The number of carbonyl (C=O) groups excluding carboxylic acids is 1. The Hall–Kier alpha value is -1.80. The molecule has 0 radical (unpaired) electrons. The molecule has 2 aromatic rings. The Labute approximate surface area is 154 Å². The average Bonchev–Trinajstić information content (AvgIpc) is 2.67. The molecule has 1 aliphatic carbocycles. The predicted molar refractivity (Wildman–Crippen MR) is 102 cm³/mol. The van der Waals surface area contributed by atoms with E-state index in [-0.39, 0.29) is 16.8 Å². The number of likely N-dealkylation sites (tertiary alicyclic amines) is 1. The van der Waals surface area contributed by atoms with Gasteiger partial charge < -0.3 is 4.90 Å². The Kier molecular flexibility index (Phi) is 4.56. The van der Waals surface area contributed by atoms with Crippen molar-refractivity contribution in [2.45, 2.75) is 43.0 Å². The third-order valence-corrected chi connectivity index (χ3v) is 6.59. The molecular formula is C22H24ClNO. The number of piperidine rings is 1. The van der Waals surface area contributed by atoms with Crippen LogP contribution in [0.3, 0.4) is 0 Å². The zero-order valence-electron chi connectivity index (χ0n) is 14.4. The van der Waals surface area contributed by atoms with Crippen LogP contribution >= 0.6 is 11.6 Å². The fourth-order valence-electron chi connectivity index (χ4n) is 4.68. The molecule has 1 saturated carbocycles. The van der Waals surface area contributed by atoms with Gasteiger partial charge in [-0.15, -0.1) is 11.6 Å². The lowest BCUT2D eigenvalue weighted by Gasteiger charge is -2.52. The van der Waals surface area contributed by atoms with E-state index in [1.54, 1.807) is 0 Å². The minimum Gasteiger partial charge on any atom is -0.331 e. The van der Waals surface area contributed by atoms with Crippen LogP contribution in [0.2, 0.25) is 0 Å². The lowest BCUT2D eigenvalue weighted by Crippen LogP contribution is -2.53. The van der Waals surface area contributed by atoms with Crippen LogP contribution in [0, 0.1) is 5.92 Å². The van der Waals surface area contributed by atoms with Crippen LogP contribution in [-0.2, 0) is 0 Å². The molecule has 2 aromatic carbocycles. The van der Waals surface area contributed by atoms with Crippen molar-refractivity contribution in [3.05, 3.63) is 71.8 Å². The van der Waals surface area contributed by atoms with E-state index in [2.05, 4.69) is 29.2 Å². The second kappa shape index (κ2) is 6.84. The van der Waals surface area contributed by atoms with E-state index >= 15 is 0 Å². The molecule has 3 atom stereocenters. The van der Waals surface area contributed by atoms with E-state index < -0.39 is 0 Å². The lowest BCUT2D eigenvalue weighted by atomic mass is 9.68. The van der Waals surface area contributed by atoms with Gasteiger partial charge in [-0.2, -0.15) is 0 Å². The summed E-state index contributed by atoms with van der Waals surface area (Å²) in [6.45, 7) is 0.729. The standard InChI is InChI=1S/C22H24ClNO/c23-22-14-8-7-13-19(22)20(17-9-3-1-4-10-17)24(16-15-22)21(25)18-11-5-2-6-12-18/h1-6,9-12,19-20H,7-8,13-16H2/t19-,20-,22+/m0/s1. The van der Waals surface area contributed by atoms with E-state index in [1.165, 1.54) is 18.4 Å². The van der Waals surface area contributed by atoms with Gasteiger partial charge in [0.25, 0.3) is 5.91 Å². The summed E-state index contributed by atoms with van der Waals surface area (Å²) >= 11 is 7.10. The van der Waals surface area contributed by atoms with E-state index in [0.717, 1.165) is 31.4 Å². The SMILES string of the molecule is O=C(c1ccccc1)N1CC[C@]2(Cl)CCCC[C@H]2[C@@H]1c1ccccc1. The number of fused-ring (bicyclic) bond motifs is 1. The van der Waals surface area contributed by atoms with Crippen LogP contribution in [0.25, 0.3) is 0 Å². The number of nitrogens with zero attached hydrogens (tertiary/aromatic N) is 1. The first kappa shape index (κ1) is 16.7. The molecule has 2 nitrogen and oxygen atoms in total. The highest BCUT2D eigenvalue weighted by atomic mass is 35.5. The number of hydrogen-bond donors (Lipinski definition) is 0. The monoisotopic (exact) mass is 353 g/mol. The van der Waals surface area contributed by atoms with Crippen LogP contribution in [-0.4, -0.2) is 22.2 Å². The third kappa shape index (κ3) is 3.08. The number of rotatable bonds is 2. The first-order valence-electron chi connectivity index (χ1n) is 9.29. The van der Waals surface area contributed by atoms with Gasteiger partial charge >= 0.3 is 0 Å². The van der Waals surface area contributed by atoms with Crippen LogP contribution in [0.5, 0.6) is 0 Å². The van der Waals surface area contributed by atoms with Gasteiger partial charge in [0.2, 0.25) is 0 Å². The van der Waals surface area contributed by atoms with Crippen molar-refractivity contribution in [2.75, 3.05) is 6.54 Å². The molecule has 3 heteroatoms. The molecule has 1 saturated heterocycles. The fourth-order valence-corrected chi connectivity index (χ4v) is 5.12. The summed E-state index contributed by atoms with van der Waals surface area (Å²) in [5.41, 5.74) is 1.98. The van der Waals surface area contributed by atoms with E-state index in [4.69, 9.17) is 11.6 Å². The van der Waals surface area contributed by atoms with Crippen LogP contribution in [0.1, 0.15) is 54.1 Å². The third-order valence-electron chi connectivity index (χ3n) is 5.93. The first-order chi connectivity index (χ1) is 12.2. The molecule has 1 heterocycles. The molecule has 25 heavy (non-hydrogen) atoms. The maximum atomic E-state index is 13.2. The Bertz CT molecular complexity index is 732. The topological polar surface area (TPSA) is 20.3 Å². The average molecular weight is 354 g/mol. The second-order valence-electron chi connectivity index (χ2n) is 7.36. The maximum absolute atomic E-state index is 13.2. The first-order valence-corrected chi connectivity index (χ1v) is 9.67. The summed E-state index contributed by atoms with van der Waals surface area (Å²) in [5, 5.41) is 0. The molecule has 0 N–H and O–H groups in total. The predicted octanol–water partition coefficient (Wildman–Crippen LogP) is 5.44. The van der Waals surface area contributed by atoms with Crippen molar-refractivity contribution in [2.24, 2.45) is 5.92 Å². The van der Waals surface area contributed by atoms with Crippen molar-refractivity contribution in [1.82, 2.24) is 4.90 Å². The number of amides is 1.